The molecule has 2 fully saturated rings. The van der Waals surface area contributed by atoms with Gasteiger partial charge in [-0.1, -0.05) is 13.3 Å². The van der Waals surface area contributed by atoms with Gasteiger partial charge in [-0.3, -0.25) is 14.4 Å². The van der Waals surface area contributed by atoms with Gasteiger partial charge in [0.15, 0.2) is 0 Å². The first-order chi connectivity index (χ1) is 10.3. The predicted molar refractivity (Wildman–Crippen MR) is 79.9 cm³/mol. The van der Waals surface area contributed by atoms with Gasteiger partial charge >= 0.3 is 11.9 Å². The maximum absolute atomic E-state index is 12.4. The van der Waals surface area contributed by atoms with Gasteiger partial charge in [0.05, 0.1) is 26.1 Å². The van der Waals surface area contributed by atoms with Crippen molar-refractivity contribution in [2.24, 2.45) is 22.7 Å². The molecule has 0 N–H and O–H groups in total. The van der Waals surface area contributed by atoms with Crippen LogP contribution in [0.4, 0.5) is 0 Å². The molecule has 5 nitrogen and oxygen atoms in total. The van der Waals surface area contributed by atoms with Crippen molar-refractivity contribution < 1.29 is 23.9 Å². The molecule has 0 aromatic carbocycles. The van der Waals surface area contributed by atoms with Crippen molar-refractivity contribution in [1.29, 1.82) is 0 Å². The summed E-state index contributed by atoms with van der Waals surface area (Å²) < 4.78 is 9.80. The third-order valence-corrected chi connectivity index (χ3v) is 6.09. The molecule has 124 valence electrons. The topological polar surface area (TPSA) is 69.7 Å². The molecule has 0 aromatic heterocycles. The van der Waals surface area contributed by atoms with Gasteiger partial charge in [-0.2, -0.15) is 0 Å². The van der Waals surface area contributed by atoms with E-state index in [2.05, 4.69) is 6.92 Å². The Labute approximate surface area is 131 Å². The van der Waals surface area contributed by atoms with Gasteiger partial charge in [0, 0.05) is 12.3 Å². The average Bonchev–Trinajstić information content (AvgIpc) is 2.49. The van der Waals surface area contributed by atoms with Crippen molar-refractivity contribution in [1.82, 2.24) is 0 Å². The number of methoxy groups -OCH3 is 2. The minimum atomic E-state index is -0.573. The molecule has 2 aliphatic carbocycles. The van der Waals surface area contributed by atoms with Crippen LogP contribution in [-0.4, -0.2) is 31.9 Å². The monoisotopic (exact) mass is 310 g/mol. The number of fused-ring (bicyclic) bond motifs is 1. The zero-order valence-electron chi connectivity index (χ0n) is 13.9. The number of carbonyl (C=O) groups excluding carboxylic acids is 3. The summed E-state index contributed by atoms with van der Waals surface area (Å²) in [5, 5.41) is 0. The second-order valence-electron chi connectivity index (χ2n) is 7.16. The number of rotatable bonds is 3. The Morgan fingerprint density at radius 1 is 1.18 bits per heavy atom. The van der Waals surface area contributed by atoms with E-state index in [1.54, 1.807) is 0 Å². The largest absolute Gasteiger partial charge is 0.469 e. The fourth-order valence-corrected chi connectivity index (χ4v) is 4.88. The lowest BCUT2D eigenvalue weighted by molar-refractivity contribution is -0.174. The van der Waals surface area contributed by atoms with Crippen LogP contribution in [0.15, 0.2) is 0 Å². The van der Waals surface area contributed by atoms with Crippen LogP contribution < -0.4 is 0 Å². The van der Waals surface area contributed by atoms with E-state index in [0.29, 0.717) is 12.8 Å². The highest BCUT2D eigenvalue weighted by molar-refractivity contribution is 5.87. The fraction of sp³-hybridized carbons (Fsp3) is 0.824. The molecule has 0 spiro atoms. The van der Waals surface area contributed by atoms with Gasteiger partial charge in [-0.05, 0) is 37.5 Å². The highest BCUT2D eigenvalue weighted by atomic mass is 16.5. The third-order valence-electron chi connectivity index (χ3n) is 6.09. The lowest BCUT2D eigenvalue weighted by Gasteiger charge is -2.56. The second kappa shape index (κ2) is 6.01. The standard InChI is InChI=1S/C17H26O5/c1-16-8-5-9-17(2,15(20)22-4)13(16)7-6-12(18)11(16)10-14(19)21-3/h11,13H,5-10H2,1-4H3/t11-,13+,16+,17-/m0/s1. The van der Waals surface area contributed by atoms with Crippen molar-refractivity contribution in [2.75, 3.05) is 14.2 Å². The number of hydrogen-bond donors (Lipinski definition) is 0. The van der Waals surface area contributed by atoms with Crippen LogP contribution >= 0.6 is 0 Å². The smallest absolute Gasteiger partial charge is 0.311 e. The second-order valence-corrected chi connectivity index (χ2v) is 7.16. The molecule has 0 aromatic rings. The number of carbonyl (C=O) groups is 3. The van der Waals surface area contributed by atoms with E-state index in [1.807, 2.05) is 6.92 Å². The van der Waals surface area contributed by atoms with Gasteiger partial charge in [0.2, 0.25) is 0 Å². The molecular formula is C17H26O5. The summed E-state index contributed by atoms with van der Waals surface area (Å²) >= 11 is 0. The molecule has 0 bridgehead atoms. The average molecular weight is 310 g/mol. The Morgan fingerprint density at radius 3 is 2.45 bits per heavy atom. The number of Topliss-reactive ketones (excluding diaryl/α,β-unsaturated/α-hetero) is 1. The maximum atomic E-state index is 12.4. The van der Waals surface area contributed by atoms with Crippen molar-refractivity contribution >= 4 is 17.7 Å². The minimum Gasteiger partial charge on any atom is -0.469 e. The van der Waals surface area contributed by atoms with Crippen molar-refractivity contribution in [3.05, 3.63) is 0 Å². The number of ketones is 1. The van der Waals surface area contributed by atoms with E-state index in [0.717, 1.165) is 19.3 Å². The van der Waals surface area contributed by atoms with Crippen LogP contribution in [0.3, 0.4) is 0 Å². The van der Waals surface area contributed by atoms with Gasteiger partial charge in [-0.25, -0.2) is 0 Å². The first-order valence-electron chi connectivity index (χ1n) is 7.97. The molecule has 22 heavy (non-hydrogen) atoms. The minimum absolute atomic E-state index is 0.0635. The highest BCUT2D eigenvalue weighted by Crippen LogP contribution is 2.60. The number of esters is 2. The molecule has 0 amide bonds. The number of ether oxygens (including phenoxy) is 2. The predicted octanol–water partition coefficient (Wildman–Crippen LogP) is 2.51. The number of hydrogen-bond acceptors (Lipinski definition) is 5. The van der Waals surface area contributed by atoms with E-state index in [1.165, 1.54) is 14.2 Å². The fourth-order valence-electron chi connectivity index (χ4n) is 4.88. The summed E-state index contributed by atoms with van der Waals surface area (Å²) in [6, 6.07) is 0. The van der Waals surface area contributed by atoms with Crippen molar-refractivity contribution in [3.8, 4) is 0 Å². The summed E-state index contributed by atoms with van der Waals surface area (Å²) in [4.78, 5) is 36.5. The molecule has 4 atom stereocenters. The van der Waals surface area contributed by atoms with Crippen molar-refractivity contribution in [2.45, 2.75) is 52.4 Å². The third kappa shape index (κ3) is 2.55. The van der Waals surface area contributed by atoms with Crippen LogP contribution in [0.1, 0.15) is 52.4 Å². The van der Waals surface area contributed by atoms with Crippen LogP contribution in [0.2, 0.25) is 0 Å². The molecule has 2 saturated carbocycles. The molecule has 2 rings (SSSR count). The lowest BCUT2D eigenvalue weighted by Crippen LogP contribution is -2.55. The molecule has 0 saturated heterocycles. The first-order valence-corrected chi connectivity index (χ1v) is 7.97. The highest BCUT2D eigenvalue weighted by Gasteiger charge is 2.59. The summed E-state index contributed by atoms with van der Waals surface area (Å²) in [5.74, 6) is -0.727. The van der Waals surface area contributed by atoms with Gasteiger partial charge in [0.25, 0.3) is 0 Å². The molecule has 0 heterocycles. The SMILES string of the molecule is COC(=O)C[C@H]1C(=O)CC[C@@H]2[C@]1(C)CCC[C@]2(C)C(=O)OC. The lowest BCUT2D eigenvalue weighted by atomic mass is 9.47. The Bertz CT molecular complexity index is 485. The van der Waals surface area contributed by atoms with Gasteiger partial charge in [-0.15, -0.1) is 0 Å². The van der Waals surface area contributed by atoms with Crippen molar-refractivity contribution in [3.63, 3.8) is 0 Å². The Kier molecular flexibility index (Phi) is 4.64. The van der Waals surface area contributed by atoms with Gasteiger partial charge < -0.3 is 9.47 Å². The summed E-state index contributed by atoms with van der Waals surface area (Å²) in [7, 11) is 2.76. The van der Waals surface area contributed by atoms with Crippen LogP contribution in [-0.2, 0) is 23.9 Å². The van der Waals surface area contributed by atoms with Crippen LogP contribution in [0.5, 0.6) is 0 Å². The Morgan fingerprint density at radius 2 is 1.86 bits per heavy atom. The van der Waals surface area contributed by atoms with E-state index in [4.69, 9.17) is 9.47 Å². The molecule has 0 unspecified atom stereocenters. The molecule has 0 radical (unpaired) electrons. The Hall–Kier alpha value is -1.39. The zero-order valence-corrected chi connectivity index (χ0v) is 13.9. The first kappa shape index (κ1) is 17.0. The van der Waals surface area contributed by atoms with E-state index < -0.39 is 5.41 Å². The maximum Gasteiger partial charge on any atom is 0.311 e. The molecule has 5 heteroatoms. The molecule has 2 aliphatic rings. The van der Waals surface area contributed by atoms with Crippen LogP contribution in [0.25, 0.3) is 0 Å². The molecule has 0 aliphatic heterocycles. The van der Waals surface area contributed by atoms with Crippen LogP contribution in [0, 0.1) is 22.7 Å². The normalized spacial score (nSPS) is 38.1. The zero-order chi connectivity index (χ0) is 16.5. The molecular weight excluding hydrogens is 284 g/mol. The summed E-state index contributed by atoms with van der Waals surface area (Å²) in [5.41, 5.74) is -0.915. The quantitative estimate of drug-likeness (QED) is 0.749. The van der Waals surface area contributed by atoms with Gasteiger partial charge in [0.1, 0.15) is 5.78 Å². The summed E-state index contributed by atoms with van der Waals surface area (Å²) in [6.45, 7) is 4.01. The van der Waals surface area contributed by atoms with E-state index in [-0.39, 0.29) is 41.4 Å². The summed E-state index contributed by atoms with van der Waals surface area (Å²) in [6.07, 6.45) is 3.73. The Balaban J connectivity index is 2.37. The van der Waals surface area contributed by atoms with E-state index in [9.17, 15) is 14.4 Å². The van der Waals surface area contributed by atoms with E-state index >= 15 is 0 Å².